The van der Waals surface area contributed by atoms with Crippen LogP contribution in [0.4, 0.5) is 0 Å². The Morgan fingerprint density at radius 3 is 2.53 bits per heavy atom. The van der Waals surface area contributed by atoms with E-state index in [-0.39, 0.29) is 5.60 Å². The highest BCUT2D eigenvalue weighted by Crippen LogP contribution is 2.40. The molecule has 0 bridgehead atoms. The van der Waals surface area contributed by atoms with Crippen molar-refractivity contribution in [2.24, 2.45) is 0 Å². The van der Waals surface area contributed by atoms with E-state index >= 15 is 0 Å². The predicted octanol–water partition coefficient (Wildman–Crippen LogP) is 2.66. The molecule has 2 aliphatic rings. The van der Waals surface area contributed by atoms with Gasteiger partial charge in [-0.05, 0) is 46.6 Å². The van der Waals surface area contributed by atoms with E-state index in [4.69, 9.17) is 4.74 Å². The molecule has 1 N–H and O–H groups in total. The second-order valence-electron chi connectivity index (χ2n) is 6.71. The molecule has 0 radical (unpaired) electrons. The minimum absolute atomic E-state index is 0.0318. The molecule has 1 aliphatic carbocycles. The Balaban J connectivity index is 2.06. The fourth-order valence-corrected chi connectivity index (χ4v) is 3.48. The number of aliphatic carboxylic acids is 1. The molecular weight excluding hydrogens is 242 g/mol. The summed E-state index contributed by atoms with van der Waals surface area (Å²) in [5.74, 6) is -0.751. The molecule has 1 saturated heterocycles. The summed E-state index contributed by atoms with van der Waals surface area (Å²) in [6.45, 7) is 4.35. The van der Waals surface area contributed by atoms with E-state index in [1.54, 1.807) is 13.8 Å². The Morgan fingerprint density at radius 1 is 1.32 bits per heavy atom. The third-order valence-corrected chi connectivity index (χ3v) is 5.18. The van der Waals surface area contributed by atoms with E-state index < -0.39 is 11.5 Å². The highest BCUT2D eigenvalue weighted by atomic mass is 16.5. The number of rotatable bonds is 3. The van der Waals surface area contributed by atoms with Crippen molar-refractivity contribution >= 4 is 5.97 Å². The molecule has 2 fully saturated rings. The second-order valence-corrected chi connectivity index (χ2v) is 6.71. The highest BCUT2D eigenvalue weighted by molar-refractivity contribution is 5.77. The average Bonchev–Trinajstić information content (AvgIpc) is 2.38. The van der Waals surface area contributed by atoms with Gasteiger partial charge in [0.15, 0.2) is 0 Å². The smallest absolute Gasteiger partial charge is 0.323 e. The Morgan fingerprint density at radius 2 is 1.95 bits per heavy atom. The Labute approximate surface area is 116 Å². The first kappa shape index (κ1) is 14.8. The quantitative estimate of drug-likeness (QED) is 0.855. The minimum Gasteiger partial charge on any atom is -0.480 e. The molecule has 1 heterocycles. The second kappa shape index (κ2) is 5.41. The van der Waals surface area contributed by atoms with Crippen molar-refractivity contribution in [2.75, 3.05) is 13.7 Å². The lowest BCUT2D eigenvalue weighted by molar-refractivity contribution is -0.158. The molecule has 0 aromatic carbocycles. The maximum Gasteiger partial charge on any atom is 0.323 e. The summed E-state index contributed by atoms with van der Waals surface area (Å²) in [5.41, 5.74) is -0.776. The van der Waals surface area contributed by atoms with E-state index in [1.807, 2.05) is 11.9 Å². The van der Waals surface area contributed by atoms with Crippen molar-refractivity contribution in [3.05, 3.63) is 0 Å². The Bertz CT molecular complexity index is 329. The molecule has 2 rings (SSSR count). The Kier molecular flexibility index (Phi) is 4.21. The van der Waals surface area contributed by atoms with Crippen LogP contribution in [0, 0.1) is 0 Å². The summed E-state index contributed by atoms with van der Waals surface area (Å²) in [5, 5.41) is 9.37. The van der Waals surface area contributed by atoms with Crippen molar-refractivity contribution in [3.8, 4) is 0 Å². The fourth-order valence-electron chi connectivity index (χ4n) is 3.48. The van der Waals surface area contributed by atoms with Gasteiger partial charge in [0.2, 0.25) is 0 Å². The van der Waals surface area contributed by atoms with Crippen LogP contribution in [0.1, 0.15) is 58.8 Å². The van der Waals surface area contributed by atoms with Crippen LogP contribution in [0.3, 0.4) is 0 Å². The van der Waals surface area contributed by atoms with Gasteiger partial charge >= 0.3 is 5.97 Å². The highest BCUT2D eigenvalue weighted by Gasteiger charge is 2.43. The molecule has 1 spiro atoms. The zero-order valence-corrected chi connectivity index (χ0v) is 12.4. The van der Waals surface area contributed by atoms with Gasteiger partial charge < -0.3 is 9.84 Å². The van der Waals surface area contributed by atoms with Gasteiger partial charge in [0.1, 0.15) is 5.54 Å². The lowest BCUT2D eigenvalue weighted by Crippen LogP contribution is -2.57. The van der Waals surface area contributed by atoms with Gasteiger partial charge in [-0.15, -0.1) is 0 Å². The van der Waals surface area contributed by atoms with Crippen LogP contribution < -0.4 is 0 Å². The van der Waals surface area contributed by atoms with E-state index in [0.717, 1.165) is 32.3 Å². The van der Waals surface area contributed by atoms with Gasteiger partial charge in [-0.25, -0.2) is 0 Å². The number of carboxylic acids is 1. The summed E-state index contributed by atoms with van der Waals surface area (Å²) in [4.78, 5) is 13.4. The van der Waals surface area contributed by atoms with Gasteiger partial charge in [-0.3, -0.25) is 9.69 Å². The third-order valence-electron chi connectivity index (χ3n) is 5.18. The fraction of sp³-hybridized carbons (Fsp3) is 0.933. The van der Waals surface area contributed by atoms with Crippen LogP contribution in [0.5, 0.6) is 0 Å². The monoisotopic (exact) mass is 269 g/mol. The first-order chi connectivity index (χ1) is 8.87. The molecular formula is C15H27NO3. The molecule has 110 valence electrons. The van der Waals surface area contributed by atoms with Crippen LogP contribution in [0.2, 0.25) is 0 Å². The maximum absolute atomic E-state index is 11.4. The van der Waals surface area contributed by atoms with E-state index in [9.17, 15) is 9.90 Å². The predicted molar refractivity (Wildman–Crippen MR) is 74.3 cm³/mol. The number of carbonyl (C=O) groups is 1. The molecule has 1 saturated carbocycles. The van der Waals surface area contributed by atoms with Gasteiger partial charge in [0, 0.05) is 12.6 Å². The molecule has 1 unspecified atom stereocenters. The minimum atomic E-state index is -0.808. The topological polar surface area (TPSA) is 49.8 Å². The van der Waals surface area contributed by atoms with Crippen molar-refractivity contribution in [1.29, 1.82) is 0 Å². The molecule has 4 nitrogen and oxygen atoms in total. The van der Waals surface area contributed by atoms with Gasteiger partial charge in [-0.1, -0.05) is 19.3 Å². The normalized spacial score (nSPS) is 27.7. The molecule has 4 heteroatoms. The lowest BCUT2D eigenvalue weighted by atomic mass is 9.77. The van der Waals surface area contributed by atoms with Crippen LogP contribution in [-0.4, -0.2) is 46.8 Å². The number of hydrogen-bond acceptors (Lipinski definition) is 3. The van der Waals surface area contributed by atoms with Gasteiger partial charge in [-0.2, -0.15) is 0 Å². The molecule has 0 amide bonds. The van der Waals surface area contributed by atoms with Crippen molar-refractivity contribution in [2.45, 2.75) is 76.0 Å². The molecule has 0 aromatic rings. The van der Waals surface area contributed by atoms with E-state index in [2.05, 4.69) is 0 Å². The van der Waals surface area contributed by atoms with Crippen molar-refractivity contribution < 1.29 is 14.6 Å². The summed E-state index contributed by atoms with van der Waals surface area (Å²) in [6, 6.07) is 0.318. The Hall–Kier alpha value is -0.610. The largest absolute Gasteiger partial charge is 0.480 e. The summed E-state index contributed by atoms with van der Waals surface area (Å²) in [6.07, 6.45) is 8.02. The number of nitrogens with zero attached hydrogens (tertiary/aromatic N) is 1. The maximum atomic E-state index is 11.4. The number of hydrogen-bond donors (Lipinski definition) is 1. The average molecular weight is 269 g/mol. The molecule has 0 aromatic heterocycles. The zero-order valence-electron chi connectivity index (χ0n) is 12.4. The molecule has 19 heavy (non-hydrogen) atoms. The third kappa shape index (κ3) is 2.95. The first-order valence-corrected chi connectivity index (χ1v) is 7.48. The number of ether oxygens (including phenoxy) is 1. The van der Waals surface area contributed by atoms with Crippen LogP contribution >= 0.6 is 0 Å². The molecule has 1 aliphatic heterocycles. The van der Waals surface area contributed by atoms with Crippen molar-refractivity contribution in [3.63, 3.8) is 0 Å². The standard InChI is InChI=1S/C15H27NO3/c1-14(2,13(17)18)16(3)12-7-10-19-15(11-12)8-5-4-6-9-15/h12H,4-11H2,1-3H3,(H,17,18). The summed E-state index contributed by atoms with van der Waals surface area (Å²) < 4.78 is 6.09. The van der Waals surface area contributed by atoms with Crippen LogP contribution in [-0.2, 0) is 9.53 Å². The number of likely N-dealkylation sites (N-methyl/N-ethyl adjacent to an activating group) is 1. The first-order valence-electron chi connectivity index (χ1n) is 7.48. The van der Waals surface area contributed by atoms with Crippen LogP contribution in [0.25, 0.3) is 0 Å². The van der Waals surface area contributed by atoms with Gasteiger partial charge in [0.25, 0.3) is 0 Å². The van der Waals surface area contributed by atoms with Crippen molar-refractivity contribution in [1.82, 2.24) is 4.90 Å². The number of carboxylic acid groups (broad SMARTS) is 1. The lowest BCUT2D eigenvalue weighted by Gasteiger charge is -2.48. The van der Waals surface area contributed by atoms with Gasteiger partial charge in [0.05, 0.1) is 5.60 Å². The summed E-state index contributed by atoms with van der Waals surface area (Å²) >= 11 is 0. The molecule has 1 atom stereocenters. The van der Waals surface area contributed by atoms with Crippen LogP contribution in [0.15, 0.2) is 0 Å². The van der Waals surface area contributed by atoms with E-state index in [1.165, 1.54) is 19.3 Å². The van der Waals surface area contributed by atoms with E-state index in [0.29, 0.717) is 6.04 Å². The zero-order chi connectivity index (χ0) is 14.1. The SMILES string of the molecule is CN(C1CCOC2(CCCCC2)C1)C(C)(C)C(=O)O. The summed E-state index contributed by atoms with van der Waals surface area (Å²) in [7, 11) is 1.95.